The zero-order valence-electron chi connectivity index (χ0n) is 14.0. The number of hydrogen-bond donors (Lipinski definition) is 3. The van der Waals surface area contributed by atoms with Crippen molar-refractivity contribution in [2.75, 3.05) is 32.8 Å². The molecule has 1 atom stereocenters. The fraction of sp³-hybridized carbons (Fsp3) is 0.938. The van der Waals surface area contributed by atoms with Crippen molar-refractivity contribution in [3.63, 3.8) is 0 Å². The number of guanidine groups is 1. The van der Waals surface area contributed by atoms with Crippen LogP contribution in [-0.4, -0.2) is 50.0 Å². The van der Waals surface area contributed by atoms with Crippen LogP contribution in [0.1, 0.15) is 52.9 Å². The largest absolute Gasteiger partial charge is 0.396 e. The molecule has 1 heterocycles. The summed E-state index contributed by atoms with van der Waals surface area (Å²) in [5, 5.41) is 16.0. The molecule has 5 nitrogen and oxygen atoms in total. The maximum Gasteiger partial charge on any atom is 0.191 e. The van der Waals surface area contributed by atoms with Crippen molar-refractivity contribution in [2.24, 2.45) is 10.4 Å². The van der Waals surface area contributed by atoms with Crippen molar-refractivity contribution < 1.29 is 9.84 Å². The number of aliphatic hydroxyl groups excluding tert-OH is 1. The molecule has 0 aromatic rings. The zero-order valence-corrected chi connectivity index (χ0v) is 14.0. The van der Waals surface area contributed by atoms with Crippen LogP contribution in [0.25, 0.3) is 0 Å². The van der Waals surface area contributed by atoms with Crippen molar-refractivity contribution in [1.29, 1.82) is 0 Å². The summed E-state index contributed by atoms with van der Waals surface area (Å²) in [6.45, 7) is 9.97. The average Bonchev–Trinajstić information content (AvgIpc) is 3.02. The van der Waals surface area contributed by atoms with Gasteiger partial charge in [-0.1, -0.05) is 13.8 Å². The number of aliphatic imine (C=N–C) groups is 1. The molecule has 1 aliphatic heterocycles. The molecule has 1 rings (SSSR count). The lowest BCUT2D eigenvalue weighted by Crippen LogP contribution is -2.42. The predicted molar refractivity (Wildman–Crippen MR) is 87.7 cm³/mol. The van der Waals surface area contributed by atoms with Gasteiger partial charge in [-0.15, -0.1) is 0 Å². The van der Waals surface area contributed by atoms with Gasteiger partial charge in [0.05, 0.1) is 6.10 Å². The van der Waals surface area contributed by atoms with E-state index in [-0.39, 0.29) is 12.0 Å². The summed E-state index contributed by atoms with van der Waals surface area (Å²) >= 11 is 0. The summed E-state index contributed by atoms with van der Waals surface area (Å²) in [7, 11) is 0. The fourth-order valence-electron chi connectivity index (χ4n) is 2.75. The molecule has 0 spiro atoms. The van der Waals surface area contributed by atoms with Crippen LogP contribution < -0.4 is 10.6 Å². The Bertz CT molecular complexity index is 298. The lowest BCUT2D eigenvalue weighted by Gasteiger charge is -2.29. The van der Waals surface area contributed by atoms with E-state index in [4.69, 9.17) is 9.73 Å². The van der Waals surface area contributed by atoms with Gasteiger partial charge in [0.2, 0.25) is 0 Å². The first-order valence-corrected chi connectivity index (χ1v) is 8.44. The van der Waals surface area contributed by atoms with Crippen LogP contribution in [0.2, 0.25) is 0 Å². The monoisotopic (exact) mass is 299 g/mol. The van der Waals surface area contributed by atoms with Crippen molar-refractivity contribution in [3.8, 4) is 0 Å². The average molecular weight is 299 g/mol. The van der Waals surface area contributed by atoms with Gasteiger partial charge in [-0.2, -0.15) is 0 Å². The Morgan fingerprint density at radius 1 is 1.29 bits per heavy atom. The highest BCUT2D eigenvalue weighted by Gasteiger charge is 2.25. The Kier molecular flexibility index (Phi) is 8.69. The van der Waals surface area contributed by atoms with Gasteiger partial charge in [0.15, 0.2) is 5.96 Å². The third-order valence-corrected chi connectivity index (χ3v) is 4.58. The third kappa shape index (κ3) is 6.22. The minimum absolute atomic E-state index is 0.112. The van der Waals surface area contributed by atoms with Crippen LogP contribution in [-0.2, 0) is 4.74 Å². The van der Waals surface area contributed by atoms with Gasteiger partial charge in [0, 0.05) is 32.8 Å². The van der Waals surface area contributed by atoms with E-state index in [1.165, 1.54) is 0 Å². The highest BCUT2D eigenvalue weighted by Crippen LogP contribution is 2.30. The molecule has 0 aliphatic carbocycles. The highest BCUT2D eigenvalue weighted by atomic mass is 16.5. The Hall–Kier alpha value is -0.810. The first-order valence-electron chi connectivity index (χ1n) is 8.44. The molecule has 0 saturated carbocycles. The molecule has 0 amide bonds. The second kappa shape index (κ2) is 10.0. The summed E-state index contributed by atoms with van der Waals surface area (Å²) in [6.07, 6.45) is 5.50. The minimum atomic E-state index is 0.112. The van der Waals surface area contributed by atoms with Crippen LogP contribution in [0.3, 0.4) is 0 Å². The van der Waals surface area contributed by atoms with E-state index in [2.05, 4.69) is 31.4 Å². The molecule has 0 bridgehead atoms. The molecule has 0 aromatic heterocycles. The SMILES string of the molecule is CCNC(=NCC(CC)(CC)CCO)NCC1CCCO1. The minimum Gasteiger partial charge on any atom is -0.396 e. The number of aliphatic hydroxyl groups is 1. The van der Waals surface area contributed by atoms with E-state index < -0.39 is 0 Å². The molecule has 1 unspecified atom stereocenters. The normalized spacial score (nSPS) is 19.8. The fourth-order valence-corrected chi connectivity index (χ4v) is 2.75. The molecule has 1 aliphatic rings. The maximum absolute atomic E-state index is 9.28. The van der Waals surface area contributed by atoms with E-state index in [0.29, 0.717) is 6.10 Å². The zero-order chi connectivity index (χ0) is 15.6. The lowest BCUT2D eigenvalue weighted by atomic mass is 9.79. The summed E-state index contributed by atoms with van der Waals surface area (Å²) < 4.78 is 5.63. The van der Waals surface area contributed by atoms with Crippen LogP contribution >= 0.6 is 0 Å². The summed E-state index contributed by atoms with van der Waals surface area (Å²) in [5.41, 5.74) is 0.112. The second-order valence-electron chi connectivity index (χ2n) is 5.89. The van der Waals surface area contributed by atoms with Gasteiger partial charge in [0.1, 0.15) is 0 Å². The predicted octanol–water partition coefficient (Wildman–Crippen LogP) is 1.91. The van der Waals surface area contributed by atoms with Gasteiger partial charge in [-0.25, -0.2) is 0 Å². The molecule has 0 radical (unpaired) electrons. The summed E-state index contributed by atoms with van der Waals surface area (Å²) in [6, 6.07) is 0. The Morgan fingerprint density at radius 3 is 2.57 bits per heavy atom. The van der Waals surface area contributed by atoms with Gasteiger partial charge < -0.3 is 20.5 Å². The maximum atomic E-state index is 9.28. The van der Waals surface area contributed by atoms with Crippen LogP contribution in [0.15, 0.2) is 4.99 Å². The van der Waals surface area contributed by atoms with Crippen molar-refractivity contribution in [2.45, 2.75) is 59.0 Å². The molecular formula is C16H33N3O2. The third-order valence-electron chi connectivity index (χ3n) is 4.58. The van der Waals surface area contributed by atoms with E-state index in [1.54, 1.807) is 0 Å². The molecule has 124 valence electrons. The number of nitrogens with one attached hydrogen (secondary N) is 2. The van der Waals surface area contributed by atoms with E-state index >= 15 is 0 Å². The quantitative estimate of drug-likeness (QED) is 0.449. The highest BCUT2D eigenvalue weighted by molar-refractivity contribution is 5.79. The van der Waals surface area contributed by atoms with Crippen molar-refractivity contribution in [1.82, 2.24) is 10.6 Å². The van der Waals surface area contributed by atoms with Gasteiger partial charge in [-0.05, 0) is 44.4 Å². The van der Waals surface area contributed by atoms with Gasteiger partial charge in [-0.3, -0.25) is 4.99 Å². The van der Waals surface area contributed by atoms with Crippen molar-refractivity contribution in [3.05, 3.63) is 0 Å². The molecule has 1 fully saturated rings. The van der Waals surface area contributed by atoms with E-state index in [0.717, 1.165) is 64.3 Å². The Morgan fingerprint density at radius 2 is 2.05 bits per heavy atom. The van der Waals surface area contributed by atoms with Crippen LogP contribution in [0, 0.1) is 5.41 Å². The second-order valence-corrected chi connectivity index (χ2v) is 5.89. The standard InChI is InChI=1S/C16H33N3O2/c1-4-16(5-2,9-10-20)13-19-15(17-6-3)18-12-14-8-7-11-21-14/h14,20H,4-13H2,1-3H3,(H2,17,18,19). The molecule has 5 heteroatoms. The molecule has 3 N–H and O–H groups in total. The number of nitrogens with zero attached hydrogens (tertiary/aromatic N) is 1. The van der Waals surface area contributed by atoms with Crippen LogP contribution in [0.5, 0.6) is 0 Å². The van der Waals surface area contributed by atoms with E-state index in [9.17, 15) is 5.11 Å². The summed E-state index contributed by atoms with van der Waals surface area (Å²) in [4.78, 5) is 4.73. The van der Waals surface area contributed by atoms with Gasteiger partial charge in [0.25, 0.3) is 0 Å². The topological polar surface area (TPSA) is 65.9 Å². The number of hydrogen-bond acceptors (Lipinski definition) is 3. The Labute approximate surface area is 129 Å². The van der Waals surface area contributed by atoms with Gasteiger partial charge >= 0.3 is 0 Å². The first-order chi connectivity index (χ1) is 10.2. The molecule has 1 saturated heterocycles. The molecule has 21 heavy (non-hydrogen) atoms. The lowest BCUT2D eigenvalue weighted by molar-refractivity contribution is 0.113. The smallest absolute Gasteiger partial charge is 0.191 e. The Balaban J connectivity index is 2.55. The molecule has 0 aromatic carbocycles. The van der Waals surface area contributed by atoms with E-state index in [1.807, 2.05) is 0 Å². The van der Waals surface area contributed by atoms with Crippen LogP contribution in [0.4, 0.5) is 0 Å². The number of ether oxygens (including phenoxy) is 1. The summed E-state index contributed by atoms with van der Waals surface area (Å²) in [5.74, 6) is 0.859. The number of rotatable bonds is 9. The van der Waals surface area contributed by atoms with Crippen molar-refractivity contribution >= 4 is 5.96 Å². The first kappa shape index (κ1) is 18.2. The molecular weight excluding hydrogens is 266 g/mol.